The second kappa shape index (κ2) is 6.33. The molecule has 106 valence electrons. The number of hydrogen-bond donors (Lipinski definition) is 2. The molecule has 20 heavy (non-hydrogen) atoms. The van der Waals surface area contributed by atoms with Gasteiger partial charge in [0.15, 0.2) is 0 Å². The largest absolute Gasteiger partial charge is 0.369 e. The number of nitrogens with zero attached hydrogens (tertiary/aromatic N) is 2. The first kappa shape index (κ1) is 14.9. The minimum atomic E-state index is -0.170. The molecule has 0 radical (unpaired) electrons. The van der Waals surface area contributed by atoms with Crippen LogP contribution in [0.4, 0.5) is 5.82 Å². The fourth-order valence-corrected chi connectivity index (χ4v) is 2.14. The molecule has 0 bridgehead atoms. The maximum Gasteiger partial charge on any atom is 0.148 e. The molecule has 0 aliphatic rings. The van der Waals surface area contributed by atoms with Crippen molar-refractivity contribution in [2.45, 2.75) is 25.8 Å². The van der Waals surface area contributed by atoms with Crippen LogP contribution < -0.4 is 11.1 Å². The summed E-state index contributed by atoms with van der Waals surface area (Å²) >= 11 is 3.45. The highest BCUT2D eigenvalue weighted by atomic mass is 79.9. The van der Waals surface area contributed by atoms with E-state index >= 15 is 0 Å². The Morgan fingerprint density at radius 1 is 1.20 bits per heavy atom. The van der Waals surface area contributed by atoms with Crippen molar-refractivity contribution in [3.63, 3.8) is 0 Å². The predicted octanol–water partition coefficient (Wildman–Crippen LogP) is 3.45. The number of rotatable bonds is 5. The van der Waals surface area contributed by atoms with Crippen LogP contribution in [0.1, 0.15) is 20.3 Å². The van der Waals surface area contributed by atoms with Crippen LogP contribution in [0.3, 0.4) is 0 Å². The lowest BCUT2D eigenvalue weighted by atomic mass is 10.0. The van der Waals surface area contributed by atoms with Gasteiger partial charge in [-0.1, -0.05) is 28.1 Å². The molecule has 2 rings (SSSR count). The Balaban J connectivity index is 2.00. The summed E-state index contributed by atoms with van der Waals surface area (Å²) in [5, 5.41) is 11.7. The number of halogens is 1. The predicted molar refractivity (Wildman–Crippen MR) is 86.5 cm³/mol. The highest BCUT2D eigenvalue weighted by Crippen LogP contribution is 2.21. The summed E-state index contributed by atoms with van der Waals surface area (Å²) in [6, 6.07) is 11.9. The van der Waals surface area contributed by atoms with Gasteiger partial charge in [-0.05, 0) is 44.5 Å². The van der Waals surface area contributed by atoms with Crippen molar-refractivity contribution in [2.24, 2.45) is 5.73 Å². The lowest BCUT2D eigenvalue weighted by molar-refractivity contribution is 0.490. The third-order valence-electron chi connectivity index (χ3n) is 2.86. The van der Waals surface area contributed by atoms with Gasteiger partial charge >= 0.3 is 0 Å². The van der Waals surface area contributed by atoms with Crippen LogP contribution in [0.15, 0.2) is 40.9 Å². The Labute approximate surface area is 127 Å². The van der Waals surface area contributed by atoms with E-state index in [1.54, 1.807) is 0 Å². The summed E-state index contributed by atoms with van der Waals surface area (Å²) < 4.78 is 1.03. The first-order valence-corrected chi connectivity index (χ1v) is 7.36. The second-order valence-corrected chi connectivity index (χ2v) is 6.40. The molecule has 0 aliphatic carbocycles. The molecule has 0 fully saturated rings. The van der Waals surface area contributed by atoms with Crippen molar-refractivity contribution < 1.29 is 0 Å². The zero-order chi connectivity index (χ0) is 14.6. The van der Waals surface area contributed by atoms with Gasteiger partial charge in [0, 0.05) is 22.1 Å². The van der Waals surface area contributed by atoms with Crippen LogP contribution in [0.5, 0.6) is 0 Å². The molecule has 0 spiro atoms. The SMILES string of the molecule is CC(C)(N)CCNc1ccc(-c2cccc(Br)c2)nn1. The molecule has 4 nitrogen and oxygen atoms in total. The number of aromatic nitrogens is 2. The highest BCUT2D eigenvalue weighted by Gasteiger charge is 2.09. The summed E-state index contributed by atoms with van der Waals surface area (Å²) in [6.45, 7) is 4.81. The van der Waals surface area contributed by atoms with Crippen LogP contribution in [0.25, 0.3) is 11.3 Å². The van der Waals surface area contributed by atoms with E-state index in [0.29, 0.717) is 0 Å². The molecule has 1 aromatic heterocycles. The number of hydrogen-bond acceptors (Lipinski definition) is 4. The summed E-state index contributed by atoms with van der Waals surface area (Å²) in [6.07, 6.45) is 0.877. The Morgan fingerprint density at radius 3 is 2.60 bits per heavy atom. The van der Waals surface area contributed by atoms with Gasteiger partial charge < -0.3 is 11.1 Å². The van der Waals surface area contributed by atoms with Crippen LogP contribution in [0.2, 0.25) is 0 Å². The molecule has 0 unspecified atom stereocenters. The third-order valence-corrected chi connectivity index (χ3v) is 3.35. The standard InChI is InChI=1S/C15H19BrN4/c1-15(2,17)8-9-18-14-7-6-13(19-20-14)11-4-3-5-12(16)10-11/h3-7,10H,8-9,17H2,1-2H3,(H,18,20). The van der Waals surface area contributed by atoms with Crippen molar-refractivity contribution in [3.8, 4) is 11.3 Å². The van der Waals surface area contributed by atoms with Gasteiger partial charge in [0.2, 0.25) is 0 Å². The molecule has 2 aromatic rings. The number of anilines is 1. The van der Waals surface area contributed by atoms with Gasteiger partial charge in [0.25, 0.3) is 0 Å². The molecule has 0 saturated heterocycles. The highest BCUT2D eigenvalue weighted by molar-refractivity contribution is 9.10. The molecule has 0 amide bonds. The van der Waals surface area contributed by atoms with E-state index in [-0.39, 0.29) is 5.54 Å². The van der Waals surface area contributed by atoms with Gasteiger partial charge in [-0.15, -0.1) is 10.2 Å². The summed E-state index contributed by atoms with van der Waals surface area (Å²) in [5.41, 5.74) is 7.66. The Hall–Kier alpha value is -1.46. The van der Waals surface area contributed by atoms with Gasteiger partial charge in [-0.25, -0.2) is 0 Å². The topological polar surface area (TPSA) is 63.8 Å². The Morgan fingerprint density at radius 2 is 2.00 bits per heavy atom. The fourth-order valence-electron chi connectivity index (χ4n) is 1.74. The quantitative estimate of drug-likeness (QED) is 0.878. The maximum absolute atomic E-state index is 5.93. The van der Waals surface area contributed by atoms with E-state index in [2.05, 4.69) is 31.4 Å². The van der Waals surface area contributed by atoms with Crippen LogP contribution in [0, 0.1) is 0 Å². The number of nitrogens with one attached hydrogen (secondary N) is 1. The second-order valence-electron chi connectivity index (χ2n) is 5.48. The Kier molecular flexibility index (Phi) is 4.73. The summed E-state index contributed by atoms with van der Waals surface area (Å²) in [5.74, 6) is 0.771. The van der Waals surface area contributed by atoms with E-state index in [9.17, 15) is 0 Å². The zero-order valence-corrected chi connectivity index (χ0v) is 13.3. The molecule has 1 heterocycles. The van der Waals surface area contributed by atoms with Gasteiger partial charge in [-0.2, -0.15) is 0 Å². The fraction of sp³-hybridized carbons (Fsp3) is 0.333. The van der Waals surface area contributed by atoms with E-state index < -0.39 is 0 Å². The van der Waals surface area contributed by atoms with Crippen LogP contribution in [-0.4, -0.2) is 22.3 Å². The average molecular weight is 335 g/mol. The molecule has 5 heteroatoms. The molecular weight excluding hydrogens is 316 g/mol. The molecular formula is C15H19BrN4. The van der Waals surface area contributed by atoms with Gasteiger partial charge in [0.1, 0.15) is 5.82 Å². The molecule has 1 aromatic carbocycles. The summed E-state index contributed by atoms with van der Waals surface area (Å²) in [4.78, 5) is 0. The molecule has 3 N–H and O–H groups in total. The zero-order valence-electron chi connectivity index (χ0n) is 11.7. The Bertz CT molecular complexity index is 561. The van der Waals surface area contributed by atoms with E-state index in [4.69, 9.17) is 5.73 Å². The normalized spacial score (nSPS) is 11.4. The van der Waals surface area contributed by atoms with Gasteiger partial charge in [0.05, 0.1) is 5.69 Å². The van der Waals surface area contributed by atoms with Crippen molar-refractivity contribution in [1.29, 1.82) is 0 Å². The monoisotopic (exact) mass is 334 g/mol. The van der Waals surface area contributed by atoms with E-state index in [0.717, 1.165) is 34.5 Å². The third kappa shape index (κ3) is 4.58. The van der Waals surface area contributed by atoms with Crippen LogP contribution in [-0.2, 0) is 0 Å². The minimum Gasteiger partial charge on any atom is -0.369 e. The van der Waals surface area contributed by atoms with E-state index in [1.807, 2.05) is 50.2 Å². The van der Waals surface area contributed by atoms with Crippen molar-refractivity contribution >= 4 is 21.7 Å². The molecule has 0 aliphatic heterocycles. The number of nitrogens with two attached hydrogens (primary N) is 1. The molecule has 0 saturated carbocycles. The lowest BCUT2D eigenvalue weighted by Crippen LogP contribution is -2.34. The molecule has 0 atom stereocenters. The minimum absolute atomic E-state index is 0.170. The lowest BCUT2D eigenvalue weighted by Gasteiger charge is -2.18. The van der Waals surface area contributed by atoms with Crippen molar-refractivity contribution in [2.75, 3.05) is 11.9 Å². The summed E-state index contributed by atoms with van der Waals surface area (Å²) in [7, 11) is 0. The maximum atomic E-state index is 5.93. The first-order chi connectivity index (χ1) is 9.44. The van der Waals surface area contributed by atoms with E-state index in [1.165, 1.54) is 0 Å². The first-order valence-electron chi connectivity index (χ1n) is 6.56. The number of benzene rings is 1. The van der Waals surface area contributed by atoms with Crippen molar-refractivity contribution in [3.05, 3.63) is 40.9 Å². The van der Waals surface area contributed by atoms with Crippen molar-refractivity contribution in [1.82, 2.24) is 10.2 Å². The van der Waals surface area contributed by atoms with Crippen LogP contribution >= 0.6 is 15.9 Å². The average Bonchev–Trinajstić information content (AvgIpc) is 2.38. The smallest absolute Gasteiger partial charge is 0.148 e. The van der Waals surface area contributed by atoms with Gasteiger partial charge in [-0.3, -0.25) is 0 Å².